The van der Waals surface area contributed by atoms with Gasteiger partial charge in [0, 0.05) is 38.1 Å². The van der Waals surface area contributed by atoms with Crippen molar-refractivity contribution in [3.63, 3.8) is 0 Å². The van der Waals surface area contributed by atoms with Crippen molar-refractivity contribution < 1.29 is 19.4 Å². The van der Waals surface area contributed by atoms with Crippen molar-refractivity contribution >= 4 is 17.4 Å². The third-order valence-electron chi connectivity index (χ3n) is 6.64. The van der Waals surface area contributed by atoms with Crippen molar-refractivity contribution in [1.82, 2.24) is 19.8 Å². The summed E-state index contributed by atoms with van der Waals surface area (Å²) in [5, 5.41) is 9.83. The zero-order valence-electron chi connectivity index (χ0n) is 20.0. The lowest BCUT2D eigenvalue weighted by molar-refractivity contribution is 0.0313. The highest BCUT2D eigenvalue weighted by molar-refractivity contribution is 5.97. The molecule has 0 bridgehead atoms. The van der Waals surface area contributed by atoms with E-state index in [1.54, 1.807) is 47.6 Å². The molecular formula is C26H32N4O4. The number of likely N-dealkylation sites (N-methyl/N-ethyl adjacent to an activating group) is 1. The third kappa shape index (κ3) is 4.97. The molecule has 3 atom stereocenters. The van der Waals surface area contributed by atoms with Crippen LogP contribution >= 0.6 is 0 Å². The standard InChI is InChI=1S/C26H32N4O4/c1-17-14-30(18(2)16-31)26(33)22-11-21(19-7-4-5-8-19)13-28-24(22)34-23(17)15-29(3)25(32)20-9-6-10-27-12-20/h6-7,9-13,17-18,23,31H,4-5,8,14-16H2,1-3H3/t17-,18-,23+/m0/s1. The molecule has 180 valence electrons. The Balaban J connectivity index is 1.65. The molecule has 0 saturated carbocycles. The van der Waals surface area contributed by atoms with Gasteiger partial charge in [-0.1, -0.05) is 13.0 Å². The van der Waals surface area contributed by atoms with E-state index in [2.05, 4.69) is 16.0 Å². The lowest BCUT2D eigenvalue weighted by atomic mass is 9.99. The maximum atomic E-state index is 13.5. The van der Waals surface area contributed by atoms with Gasteiger partial charge in [0.1, 0.15) is 11.7 Å². The summed E-state index contributed by atoms with van der Waals surface area (Å²) in [4.78, 5) is 38.3. The van der Waals surface area contributed by atoms with Gasteiger partial charge in [0.2, 0.25) is 5.88 Å². The molecule has 1 N–H and O–H groups in total. The second kappa shape index (κ2) is 10.3. The van der Waals surface area contributed by atoms with Crippen LogP contribution in [0.1, 0.15) is 59.4 Å². The Morgan fingerprint density at radius 2 is 2.21 bits per heavy atom. The molecule has 2 aromatic rings. The fraction of sp³-hybridized carbons (Fsp3) is 0.462. The summed E-state index contributed by atoms with van der Waals surface area (Å²) in [6.45, 7) is 4.39. The first kappa shape index (κ1) is 23.9. The van der Waals surface area contributed by atoms with Crippen molar-refractivity contribution in [3.05, 3.63) is 59.6 Å². The Hall–Kier alpha value is -3.26. The SMILES string of the molecule is C[C@H]1CN([C@@H](C)CO)C(=O)c2cc(C3=CCCC3)cnc2O[C@@H]1CN(C)C(=O)c1cccnc1. The van der Waals surface area contributed by atoms with Crippen molar-refractivity contribution in [3.8, 4) is 5.88 Å². The van der Waals surface area contributed by atoms with Crippen molar-refractivity contribution in [2.75, 3.05) is 26.7 Å². The second-order valence-electron chi connectivity index (χ2n) is 9.25. The number of allylic oxidation sites excluding steroid dienone is 2. The van der Waals surface area contributed by atoms with Gasteiger partial charge in [-0.05, 0) is 55.5 Å². The first-order valence-corrected chi connectivity index (χ1v) is 11.8. The van der Waals surface area contributed by atoms with E-state index in [0.29, 0.717) is 24.2 Å². The molecule has 0 spiro atoms. The van der Waals surface area contributed by atoms with Crippen LogP contribution in [0.15, 0.2) is 42.9 Å². The lowest BCUT2D eigenvalue weighted by Crippen LogP contribution is -2.50. The van der Waals surface area contributed by atoms with E-state index in [9.17, 15) is 14.7 Å². The molecule has 8 heteroatoms. The van der Waals surface area contributed by atoms with Crippen LogP contribution in [0.5, 0.6) is 5.88 Å². The van der Waals surface area contributed by atoms with Crippen molar-refractivity contribution in [2.45, 2.75) is 45.3 Å². The highest BCUT2D eigenvalue weighted by Crippen LogP contribution is 2.32. The van der Waals surface area contributed by atoms with E-state index in [1.807, 2.05) is 19.9 Å². The van der Waals surface area contributed by atoms with Gasteiger partial charge < -0.3 is 19.6 Å². The second-order valence-corrected chi connectivity index (χ2v) is 9.25. The maximum absolute atomic E-state index is 13.5. The first-order chi connectivity index (χ1) is 16.4. The first-order valence-electron chi connectivity index (χ1n) is 11.8. The summed E-state index contributed by atoms with van der Waals surface area (Å²) in [6, 6.07) is 4.96. The minimum Gasteiger partial charge on any atom is -0.472 e. The van der Waals surface area contributed by atoms with Gasteiger partial charge in [0.15, 0.2) is 0 Å². The summed E-state index contributed by atoms with van der Waals surface area (Å²) in [5.74, 6) is -0.190. The number of nitrogens with zero attached hydrogens (tertiary/aromatic N) is 4. The van der Waals surface area contributed by atoms with Crippen molar-refractivity contribution in [2.24, 2.45) is 5.92 Å². The van der Waals surface area contributed by atoms with Crippen LogP contribution in [0.2, 0.25) is 0 Å². The molecule has 0 fully saturated rings. The number of carbonyl (C=O) groups is 2. The van der Waals surface area contributed by atoms with Crippen LogP contribution in [0.4, 0.5) is 0 Å². The predicted molar refractivity (Wildman–Crippen MR) is 128 cm³/mol. The number of hydrogen-bond donors (Lipinski definition) is 1. The number of hydrogen-bond acceptors (Lipinski definition) is 6. The number of pyridine rings is 2. The van der Waals surface area contributed by atoms with E-state index in [0.717, 1.165) is 24.8 Å². The molecule has 0 aromatic carbocycles. The predicted octanol–water partition coefficient (Wildman–Crippen LogP) is 3.04. The van der Waals surface area contributed by atoms with E-state index in [4.69, 9.17) is 4.74 Å². The van der Waals surface area contributed by atoms with Crippen LogP contribution < -0.4 is 4.74 Å². The topological polar surface area (TPSA) is 95.9 Å². The van der Waals surface area contributed by atoms with Gasteiger partial charge in [-0.25, -0.2) is 4.98 Å². The Morgan fingerprint density at radius 3 is 2.88 bits per heavy atom. The third-order valence-corrected chi connectivity index (χ3v) is 6.64. The summed E-state index contributed by atoms with van der Waals surface area (Å²) >= 11 is 0. The molecule has 2 aromatic heterocycles. The molecule has 8 nitrogen and oxygen atoms in total. The lowest BCUT2D eigenvalue weighted by Gasteiger charge is -2.37. The highest BCUT2D eigenvalue weighted by Gasteiger charge is 2.35. The van der Waals surface area contributed by atoms with E-state index < -0.39 is 6.10 Å². The van der Waals surface area contributed by atoms with Gasteiger partial charge in [-0.2, -0.15) is 0 Å². The molecule has 0 saturated heterocycles. The van der Waals surface area contributed by atoms with E-state index >= 15 is 0 Å². The van der Waals surface area contributed by atoms with Crippen molar-refractivity contribution in [1.29, 1.82) is 0 Å². The van der Waals surface area contributed by atoms with Gasteiger partial charge in [-0.3, -0.25) is 14.6 Å². The number of rotatable bonds is 6. The van der Waals surface area contributed by atoms with Gasteiger partial charge in [0.25, 0.3) is 11.8 Å². The average molecular weight is 465 g/mol. The zero-order valence-corrected chi connectivity index (χ0v) is 20.0. The van der Waals surface area contributed by atoms with E-state index in [-0.39, 0.29) is 36.3 Å². The zero-order chi connectivity index (χ0) is 24.2. The molecular weight excluding hydrogens is 432 g/mol. The summed E-state index contributed by atoms with van der Waals surface area (Å²) in [5.41, 5.74) is 3.02. The normalized spacial score (nSPS) is 21.1. The number of carbonyl (C=O) groups excluding carboxylic acids is 2. The average Bonchev–Trinajstić information content (AvgIpc) is 3.40. The van der Waals surface area contributed by atoms with Crippen LogP contribution in [-0.2, 0) is 0 Å². The number of aliphatic hydroxyl groups excluding tert-OH is 1. The Morgan fingerprint density at radius 1 is 1.38 bits per heavy atom. The molecule has 1 aliphatic heterocycles. The Labute approximate surface area is 200 Å². The Kier molecular flexibility index (Phi) is 7.26. The molecule has 4 rings (SSSR count). The van der Waals surface area contributed by atoms with E-state index in [1.165, 1.54) is 5.57 Å². The summed E-state index contributed by atoms with van der Waals surface area (Å²) < 4.78 is 6.31. The fourth-order valence-corrected chi connectivity index (χ4v) is 4.49. The maximum Gasteiger partial charge on any atom is 0.259 e. The van der Waals surface area contributed by atoms with Gasteiger partial charge >= 0.3 is 0 Å². The Bertz CT molecular complexity index is 1070. The summed E-state index contributed by atoms with van der Waals surface area (Å²) in [7, 11) is 1.73. The van der Waals surface area contributed by atoms with Gasteiger partial charge in [0.05, 0.1) is 24.8 Å². The smallest absolute Gasteiger partial charge is 0.259 e. The van der Waals surface area contributed by atoms with Crippen LogP contribution in [0.25, 0.3) is 5.57 Å². The number of aliphatic hydroxyl groups is 1. The summed E-state index contributed by atoms with van der Waals surface area (Å²) in [6.07, 6.45) is 9.82. The van der Waals surface area contributed by atoms with Gasteiger partial charge in [-0.15, -0.1) is 0 Å². The van der Waals surface area contributed by atoms with Crippen LogP contribution in [-0.4, -0.2) is 75.6 Å². The molecule has 3 heterocycles. The number of amides is 2. The fourth-order valence-electron chi connectivity index (χ4n) is 4.49. The molecule has 0 radical (unpaired) electrons. The molecule has 2 aliphatic rings. The molecule has 0 unspecified atom stereocenters. The molecule has 34 heavy (non-hydrogen) atoms. The largest absolute Gasteiger partial charge is 0.472 e. The number of aromatic nitrogens is 2. The number of fused-ring (bicyclic) bond motifs is 1. The minimum atomic E-state index is -0.394. The molecule has 2 amide bonds. The quantitative estimate of drug-likeness (QED) is 0.706. The highest BCUT2D eigenvalue weighted by atomic mass is 16.5. The minimum absolute atomic E-state index is 0.103. The van der Waals surface area contributed by atoms with Crippen LogP contribution in [0, 0.1) is 5.92 Å². The van der Waals surface area contributed by atoms with Crippen LogP contribution in [0.3, 0.4) is 0 Å². The molecule has 1 aliphatic carbocycles. The number of ether oxygens (including phenoxy) is 1. The monoisotopic (exact) mass is 464 g/mol.